The Hall–Kier alpha value is -1.93. The molecule has 0 bridgehead atoms. The van der Waals surface area contributed by atoms with Crippen LogP contribution in [0.2, 0.25) is 0 Å². The second kappa shape index (κ2) is 6.35. The van der Waals surface area contributed by atoms with Gasteiger partial charge in [0, 0.05) is 21.7 Å². The summed E-state index contributed by atoms with van der Waals surface area (Å²) in [6, 6.07) is 9.68. The van der Waals surface area contributed by atoms with E-state index in [4.69, 9.17) is 0 Å². The van der Waals surface area contributed by atoms with Gasteiger partial charge in [-0.1, -0.05) is 34.1 Å². The van der Waals surface area contributed by atoms with Gasteiger partial charge in [0.15, 0.2) is 9.84 Å². The summed E-state index contributed by atoms with van der Waals surface area (Å²) in [4.78, 5) is 4.37. The van der Waals surface area contributed by atoms with E-state index in [-0.39, 0.29) is 4.90 Å². The minimum atomic E-state index is -4.46. The van der Waals surface area contributed by atoms with Gasteiger partial charge < -0.3 is 0 Å². The van der Waals surface area contributed by atoms with Gasteiger partial charge in [-0.2, -0.15) is 13.2 Å². The van der Waals surface area contributed by atoms with E-state index in [0.717, 1.165) is 18.4 Å². The molecule has 0 aliphatic heterocycles. The lowest BCUT2D eigenvalue weighted by atomic mass is 9.99. The SMILES string of the molecule is Cc1nc2cccc(Br)c2c(-c2ccc(C(F)(F)F)cc2)c1S(C)(=O)=O. The number of sulfone groups is 1. The Kier molecular flexibility index (Phi) is 4.60. The first-order valence-corrected chi connectivity index (χ1v) is 10.1. The van der Waals surface area contributed by atoms with Crippen molar-refractivity contribution in [2.45, 2.75) is 18.0 Å². The molecule has 0 aliphatic rings. The third-order valence-electron chi connectivity index (χ3n) is 3.96. The minimum Gasteiger partial charge on any atom is -0.252 e. The van der Waals surface area contributed by atoms with E-state index in [1.807, 2.05) is 0 Å². The summed E-state index contributed by atoms with van der Waals surface area (Å²) >= 11 is 3.40. The number of rotatable bonds is 2. The second-order valence-electron chi connectivity index (χ2n) is 5.88. The molecule has 0 saturated heterocycles. The maximum atomic E-state index is 12.9. The molecule has 0 radical (unpaired) electrons. The maximum absolute atomic E-state index is 12.9. The van der Waals surface area contributed by atoms with Crippen molar-refractivity contribution in [3.8, 4) is 11.1 Å². The largest absolute Gasteiger partial charge is 0.416 e. The average Bonchev–Trinajstić information content (AvgIpc) is 2.52. The van der Waals surface area contributed by atoms with Crippen LogP contribution in [0, 0.1) is 6.92 Å². The topological polar surface area (TPSA) is 47.0 Å². The molecule has 3 rings (SSSR count). The highest BCUT2D eigenvalue weighted by Gasteiger charge is 2.30. The van der Waals surface area contributed by atoms with Crippen LogP contribution in [0.15, 0.2) is 51.8 Å². The van der Waals surface area contributed by atoms with Crippen LogP contribution in [0.3, 0.4) is 0 Å². The first-order chi connectivity index (χ1) is 12.0. The Morgan fingerprint density at radius 3 is 2.19 bits per heavy atom. The van der Waals surface area contributed by atoms with Crippen molar-refractivity contribution in [1.82, 2.24) is 4.98 Å². The van der Waals surface area contributed by atoms with Gasteiger partial charge >= 0.3 is 6.18 Å². The van der Waals surface area contributed by atoms with Crippen molar-refractivity contribution in [3.05, 3.63) is 58.2 Å². The van der Waals surface area contributed by atoms with Crippen LogP contribution in [0.25, 0.3) is 22.0 Å². The molecule has 0 fully saturated rings. The predicted octanol–water partition coefficient (Wildman–Crippen LogP) is 5.40. The van der Waals surface area contributed by atoms with Crippen LogP contribution in [0.5, 0.6) is 0 Å². The van der Waals surface area contributed by atoms with Crippen LogP contribution >= 0.6 is 15.9 Å². The molecule has 0 amide bonds. The number of fused-ring (bicyclic) bond motifs is 1. The molecule has 0 atom stereocenters. The first kappa shape index (κ1) is 18.8. The summed E-state index contributed by atoms with van der Waals surface area (Å²) in [7, 11) is -3.66. The van der Waals surface area contributed by atoms with Crippen molar-refractivity contribution in [3.63, 3.8) is 0 Å². The van der Waals surface area contributed by atoms with E-state index in [2.05, 4.69) is 20.9 Å². The van der Waals surface area contributed by atoms with Gasteiger partial charge in [0.05, 0.1) is 21.7 Å². The zero-order valence-corrected chi connectivity index (χ0v) is 16.1. The Balaban J connectivity index is 2.44. The molecule has 8 heteroatoms. The van der Waals surface area contributed by atoms with Crippen molar-refractivity contribution in [2.24, 2.45) is 0 Å². The van der Waals surface area contributed by atoms with Crippen molar-refractivity contribution >= 4 is 36.7 Å². The fraction of sp³-hybridized carbons (Fsp3) is 0.167. The monoisotopic (exact) mass is 443 g/mol. The lowest BCUT2D eigenvalue weighted by Gasteiger charge is -2.16. The van der Waals surface area contributed by atoms with Gasteiger partial charge in [-0.25, -0.2) is 8.42 Å². The first-order valence-electron chi connectivity index (χ1n) is 7.46. The highest BCUT2D eigenvalue weighted by molar-refractivity contribution is 9.10. The van der Waals surface area contributed by atoms with E-state index in [1.54, 1.807) is 25.1 Å². The Morgan fingerprint density at radius 1 is 1.04 bits per heavy atom. The number of nitrogens with zero attached hydrogens (tertiary/aromatic N) is 1. The Bertz CT molecular complexity index is 1110. The Labute approximate surface area is 156 Å². The van der Waals surface area contributed by atoms with Gasteiger partial charge in [0.2, 0.25) is 0 Å². The van der Waals surface area contributed by atoms with E-state index >= 15 is 0 Å². The number of benzene rings is 2. The summed E-state index contributed by atoms with van der Waals surface area (Å²) in [5.74, 6) is 0. The van der Waals surface area contributed by atoms with E-state index in [9.17, 15) is 21.6 Å². The van der Waals surface area contributed by atoms with Gasteiger partial charge in [-0.3, -0.25) is 4.98 Å². The lowest BCUT2D eigenvalue weighted by Crippen LogP contribution is -2.07. The minimum absolute atomic E-state index is 0.0108. The molecule has 0 spiro atoms. The summed E-state index contributed by atoms with van der Waals surface area (Å²) in [5.41, 5.74) is 0.778. The van der Waals surface area contributed by atoms with Gasteiger partial charge in [0.1, 0.15) is 0 Å². The van der Waals surface area contributed by atoms with Crippen LogP contribution in [-0.2, 0) is 16.0 Å². The normalized spacial score (nSPS) is 12.5. The number of hydrogen-bond donors (Lipinski definition) is 0. The number of aryl methyl sites for hydroxylation is 1. The molecule has 136 valence electrons. The maximum Gasteiger partial charge on any atom is 0.416 e. The molecule has 1 aromatic heterocycles. The molecule has 0 aliphatic carbocycles. The molecule has 0 N–H and O–H groups in total. The summed E-state index contributed by atoms with van der Waals surface area (Å²) < 4.78 is 64.0. The molecule has 3 aromatic rings. The molecule has 2 aromatic carbocycles. The summed E-state index contributed by atoms with van der Waals surface area (Å²) in [6.07, 6.45) is -3.40. The standard InChI is InChI=1S/C18H13BrF3NO2S/c1-10-17(26(2,24)25)15(16-13(19)4-3-5-14(16)23-10)11-6-8-12(9-7-11)18(20,21)22/h3-9H,1-2H3. The molecule has 0 unspecified atom stereocenters. The number of halogens is 4. The predicted molar refractivity (Wildman–Crippen MR) is 97.7 cm³/mol. The van der Waals surface area contributed by atoms with Crippen LogP contribution < -0.4 is 0 Å². The van der Waals surface area contributed by atoms with E-state index < -0.39 is 21.6 Å². The summed E-state index contributed by atoms with van der Waals surface area (Å²) in [5, 5.41) is 0.540. The second-order valence-corrected chi connectivity index (χ2v) is 8.69. The molecule has 1 heterocycles. The number of pyridine rings is 1. The average molecular weight is 444 g/mol. The Morgan fingerprint density at radius 2 is 1.65 bits per heavy atom. The van der Waals surface area contributed by atoms with Gasteiger partial charge in [-0.05, 0) is 36.8 Å². The van der Waals surface area contributed by atoms with E-state index in [0.29, 0.717) is 32.2 Å². The molecule has 3 nitrogen and oxygen atoms in total. The zero-order chi connectivity index (χ0) is 19.3. The van der Waals surface area contributed by atoms with Crippen LogP contribution in [-0.4, -0.2) is 19.7 Å². The van der Waals surface area contributed by atoms with Crippen LogP contribution in [0.1, 0.15) is 11.3 Å². The molecular formula is C18H13BrF3NO2S. The van der Waals surface area contributed by atoms with E-state index in [1.165, 1.54) is 12.1 Å². The van der Waals surface area contributed by atoms with Crippen molar-refractivity contribution in [1.29, 1.82) is 0 Å². The fourth-order valence-corrected chi connectivity index (χ4v) is 4.66. The number of alkyl halides is 3. The molecular weight excluding hydrogens is 431 g/mol. The highest BCUT2D eigenvalue weighted by atomic mass is 79.9. The van der Waals surface area contributed by atoms with Gasteiger partial charge in [0.25, 0.3) is 0 Å². The van der Waals surface area contributed by atoms with Crippen molar-refractivity contribution < 1.29 is 21.6 Å². The number of aromatic nitrogens is 1. The summed E-state index contributed by atoms with van der Waals surface area (Å²) in [6.45, 7) is 1.57. The van der Waals surface area contributed by atoms with Crippen LogP contribution in [0.4, 0.5) is 13.2 Å². The third-order valence-corrected chi connectivity index (χ3v) is 5.86. The lowest BCUT2D eigenvalue weighted by molar-refractivity contribution is -0.137. The fourth-order valence-electron chi connectivity index (χ4n) is 2.93. The zero-order valence-electron chi connectivity index (χ0n) is 13.7. The quantitative estimate of drug-likeness (QED) is 0.532. The smallest absolute Gasteiger partial charge is 0.252 e. The van der Waals surface area contributed by atoms with Gasteiger partial charge in [-0.15, -0.1) is 0 Å². The number of hydrogen-bond acceptors (Lipinski definition) is 3. The third kappa shape index (κ3) is 3.35. The van der Waals surface area contributed by atoms with Crippen molar-refractivity contribution in [2.75, 3.05) is 6.26 Å². The molecule has 0 saturated carbocycles. The molecule has 26 heavy (non-hydrogen) atoms. The highest BCUT2D eigenvalue weighted by Crippen LogP contribution is 2.40.